The molecule has 0 aliphatic carbocycles. The van der Waals surface area contributed by atoms with Crippen molar-refractivity contribution in [2.24, 2.45) is 0 Å². The van der Waals surface area contributed by atoms with Gasteiger partial charge in [-0.25, -0.2) is 22.0 Å². The molecular formula is C12H11F5N2. The zero-order chi connectivity index (χ0) is 14.0. The van der Waals surface area contributed by atoms with Crippen LogP contribution in [0, 0.1) is 29.1 Å². The molecule has 2 nitrogen and oxygen atoms in total. The third kappa shape index (κ3) is 2.70. The van der Waals surface area contributed by atoms with Crippen LogP contribution in [0.15, 0.2) is 11.6 Å². The first-order chi connectivity index (χ1) is 9.02. The summed E-state index contributed by atoms with van der Waals surface area (Å²) in [5, 5.41) is 5.31. The summed E-state index contributed by atoms with van der Waals surface area (Å²) >= 11 is 0. The zero-order valence-corrected chi connectivity index (χ0v) is 9.80. The molecular weight excluding hydrogens is 267 g/mol. The summed E-state index contributed by atoms with van der Waals surface area (Å²) in [5.41, 5.74) is -0.140. The summed E-state index contributed by atoms with van der Waals surface area (Å²) in [5.74, 6) is -9.72. The highest BCUT2D eigenvalue weighted by Gasteiger charge is 2.25. The molecule has 0 spiro atoms. The van der Waals surface area contributed by atoms with E-state index in [1.165, 1.54) is 0 Å². The van der Waals surface area contributed by atoms with Crippen molar-refractivity contribution in [3.05, 3.63) is 40.7 Å². The lowest BCUT2D eigenvalue weighted by Crippen LogP contribution is -2.23. The van der Waals surface area contributed by atoms with Crippen LogP contribution in [0.1, 0.15) is 6.42 Å². The van der Waals surface area contributed by atoms with Gasteiger partial charge >= 0.3 is 0 Å². The van der Waals surface area contributed by atoms with Crippen molar-refractivity contribution in [3.8, 4) is 0 Å². The van der Waals surface area contributed by atoms with Crippen molar-refractivity contribution in [1.82, 2.24) is 5.32 Å². The molecule has 0 radical (unpaired) electrons. The van der Waals surface area contributed by atoms with Gasteiger partial charge in [-0.15, -0.1) is 0 Å². The number of anilines is 1. The first-order valence-electron chi connectivity index (χ1n) is 5.66. The second-order valence-corrected chi connectivity index (χ2v) is 4.11. The smallest absolute Gasteiger partial charge is 0.200 e. The fourth-order valence-corrected chi connectivity index (χ4v) is 1.79. The van der Waals surface area contributed by atoms with Crippen LogP contribution in [0.4, 0.5) is 27.6 Å². The number of benzene rings is 1. The van der Waals surface area contributed by atoms with E-state index in [1.54, 1.807) is 0 Å². The summed E-state index contributed by atoms with van der Waals surface area (Å²) in [4.78, 5) is 0. The van der Waals surface area contributed by atoms with Crippen molar-refractivity contribution < 1.29 is 22.0 Å². The van der Waals surface area contributed by atoms with Crippen LogP contribution in [0.3, 0.4) is 0 Å². The van der Waals surface area contributed by atoms with Gasteiger partial charge in [-0.05, 0) is 13.0 Å². The maximum atomic E-state index is 13.3. The second-order valence-electron chi connectivity index (χ2n) is 4.11. The van der Waals surface area contributed by atoms with Gasteiger partial charge in [0, 0.05) is 13.1 Å². The molecule has 1 aromatic carbocycles. The van der Waals surface area contributed by atoms with E-state index in [2.05, 4.69) is 10.6 Å². The predicted octanol–water partition coefficient (Wildman–Crippen LogP) is 2.71. The molecule has 0 fully saturated rings. The topological polar surface area (TPSA) is 24.1 Å². The first kappa shape index (κ1) is 13.8. The Bertz CT molecular complexity index is 498. The molecule has 1 aromatic rings. The van der Waals surface area contributed by atoms with Crippen molar-refractivity contribution in [3.63, 3.8) is 0 Å². The lowest BCUT2D eigenvalue weighted by molar-refractivity contribution is 0.381. The molecule has 104 valence electrons. The average molecular weight is 278 g/mol. The van der Waals surface area contributed by atoms with Crippen molar-refractivity contribution in [2.45, 2.75) is 6.42 Å². The molecule has 7 heteroatoms. The lowest BCUT2D eigenvalue weighted by atomic mass is 10.1. The normalized spacial score (nSPS) is 15.3. The third-order valence-electron chi connectivity index (χ3n) is 2.86. The molecule has 0 bridgehead atoms. The minimum atomic E-state index is -2.15. The summed E-state index contributed by atoms with van der Waals surface area (Å²) in [6.07, 6.45) is 2.46. The van der Waals surface area contributed by atoms with Crippen LogP contribution in [-0.2, 0) is 0 Å². The summed E-state index contributed by atoms with van der Waals surface area (Å²) in [6.45, 7) is 1.37. The van der Waals surface area contributed by atoms with Gasteiger partial charge in [0.05, 0.1) is 0 Å². The van der Waals surface area contributed by atoms with E-state index in [9.17, 15) is 22.0 Å². The van der Waals surface area contributed by atoms with Crippen LogP contribution in [0.25, 0.3) is 0 Å². The van der Waals surface area contributed by atoms with Gasteiger partial charge in [-0.2, -0.15) is 0 Å². The minimum Gasteiger partial charge on any atom is -0.376 e. The quantitative estimate of drug-likeness (QED) is 0.384. The average Bonchev–Trinajstić information content (AvgIpc) is 2.44. The lowest BCUT2D eigenvalue weighted by Gasteiger charge is -2.16. The van der Waals surface area contributed by atoms with Gasteiger partial charge < -0.3 is 10.6 Å². The minimum absolute atomic E-state index is 0.0417. The van der Waals surface area contributed by atoms with E-state index in [0.717, 1.165) is 5.57 Å². The molecule has 0 saturated carbocycles. The standard InChI is InChI=1S/C12H11F5N2/c13-7-8(14)10(16)12(11(17)9(7)15)19-5-6-1-3-18-4-2-6/h1,18-19H,2-5H2. The van der Waals surface area contributed by atoms with Gasteiger partial charge in [0.1, 0.15) is 5.69 Å². The molecule has 1 aliphatic heterocycles. The van der Waals surface area contributed by atoms with E-state index in [-0.39, 0.29) is 6.54 Å². The monoisotopic (exact) mass is 278 g/mol. The highest BCUT2D eigenvalue weighted by molar-refractivity contribution is 5.48. The van der Waals surface area contributed by atoms with Crippen LogP contribution in [0.5, 0.6) is 0 Å². The molecule has 0 unspecified atom stereocenters. The van der Waals surface area contributed by atoms with E-state index < -0.39 is 34.8 Å². The van der Waals surface area contributed by atoms with Gasteiger partial charge in [0.2, 0.25) is 5.82 Å². The Morgan fingerprint density at radius 3 is 2.05 bits per heavy atom. The Morgan fingerprint density at radius 1 is 0.947 bits per heavy atom. The molecule has 2 N–H and O–H groups in total. The van der Waals surface area contributed by atoms with Crippen molar-refractivity contribution in [1.29, 1.82) is 0 Å². The number of nitrogens with one attached hydrogen (secondary N) is 2. The SMILES string of the molecule is Fc1c(F)c(F)c(NCC2=CCNCC2)c(F)c1F. The number of halogens is 5. The Labute approximate surface area is 106 Å². The van der Waals surface area contributed by atoms with Crippen LogP contribution >= 0.6 is 0 Å². The third-order valence-corrected chi connectivity index (χ3v) is 2.86. The first-order valence-corrected chi connectivity index (χ1v) is 5.66. The molecule has 0 saturated heterocycles. The number of hydrogen-bond donors (Lipinski definition) is 2. The van der Waals surface area contributed by atoms with E-state index >= 15 is 0 Å². The van der Waals surface area contributed by atoms with E-state index in [0.29, 0.717) is 19.5 Å². The fraction of sp³-hybridized carbons (Fsp3) is 0.333. The molecule has 0 amide bonds. The van der Waals surface area contributed by atoms with Gasteiger partial charge in [0.25, 0.3) is 0 Å². The Kier molecular flexibility index (Phi) is 4.04. The molecule has 0 atom stereocenters. The second kappa shape index (κ2) is 5.56. The van der Waals surface area contributed by atoms with Gasteiger partial charge in [0.15, 0.2) is 23.3 Å². The summed E-state index contributed by atoms with van der Waals surface area (Å²) in [6, 6.07) is 0. The molecule has 2 rings (SSSR count). The van der Waals surface area contributed by atoms with E-state index in [4.69, 9.17) is 0 Å². The van der Waals surface area contributed by atoms with Crippen LogP contribution in [0.2, 0.25) is 0 Å². The van der Waals surface area contributed by atoms with E-state index in [1.807, 2.05) is 6.08 Å². The molecule has 0 aromatic heterocycles. The van der Waals surface area contributed by atoms with Gasteiger partial charge in [-0.3, -0.25) is 0 Å². The molecule has 1 aliphatic rings. The predicted molar refractivity (Wildman–Crippen MR) is 60.3 cm³/mol. The van der Waals surface area contributed by atoms with Crippen LogP contribution in [-0.4, -0.2) is 19.6 Å². The summed E-state index contributed by atoms with van der Waals surface area (Å²) < 4.78 is 65.4. The maximum absolute atomic E-state index is 13.3. The zero-order valence-electron chi connectivity index (χ0n) is 9.80. The highest BCUT2D eigenvalue weighted by atomic mass is 19.2. The Morgan fingerprint density at radius 2 is 1.53 bits per heavy atom. The largest absolute Gasteiger partial charge is 0.376 e. The number of hydrogen-bond acceptors (Lipinski definition) is 2. The highest BCUT2D eigenvalue weighted by Crippen LogP contribution is 2.27. The number of rotatable bonds is 3. The Hall–Kier alpha value is -1.63. The van der Waals surface area contributed by atoms with Gasteiger partial charge in [-0.1, -0.05) is 11.6 Å². The molecule has 1 heterocycles. The Balaban J connectivity index is 2.23. The maximum Gasteiger partial charge on any atom is 0.200 e. The summed E-state index contributed by atoms with van der Waals surface area (Å²) in [7, 11) is 0. The van der Waals surface area contributed by atoms with Crippen LogP contribution < -0.4 is 10.6 Å². The van der Waals surface area contributed by atoms with Crippen molar-refractivity contribution >= 4 is 5.69 Å². The molecule has 19 heavy (non-hydrogen) atoms. The van der Waals surface area contributed by atoms with Crippen molar-refractivity contribution in [2.75, 3.05) is 25.0 Å². The fourth-order valence-electron chi connectivity index (χ4n) is 1.79.